The maximum atomic E-state index is 12.6. The lowest BCUT2D eigenvalue weighted by molar-refractivity contribution is -0.121. The molecule has 2 N–H and O–H groups in total. The maximum absolute atomic E-state index is 12.6. The molecule has 2 aromatic carbocycles. The molecule has 9 heteroatoms. The van der Waals surface area contributed by atoms with E-state index in [0.717, 1.165) is 28.1 Å². The fourth-order valence-electron chi connectivity index (χ4n) is 3.69. The number of carbonyl (C=O) groups excluding carboxylic acids is 2. The quantitative estimate of drug-likeness (QED) is 0.306. The van der Waals surface area contributed by atoms with Crippen molar-refractivity contribution in [2.24, 2.45) is 0 Å². The molecule has 3 rings (SSSR count). The summed E-state index contributed by atoms with van der Waals surface area (Å²) >= 11 is 1.29. The van der Waals surface area contributed by atoms with Crippen molar-refractivity contribution >= 4 is 29.3 Å². The number of ether oxygens (including phenoxy) is 1. The first-order valence-electron chi connectivity index (χ1n) is 11.3. The molecule has 0 bridgehead atoms. The van der Waals surface area contributed by atoms with E-state index in [2.05, 4.69) is 33.5 Å². The van der Waals surface area contributed by atoms with Gasteiger partial charge >= 0.3 is 0 Å². The number of allylic oxidation sites excluding steroid dienone is 1. The Morgan fingerprint density at radius 1 is 1.11 bits per heavy atom. The summed E-state index contributed by atoms with van der Waals surface area (Å²) in [5.74, 6) is 1.27. The van der Waals surface area contributed by atoms with Crippen molar-refractivity contribution in [3.8, 4) is 5.75 Å². The fourth-order valence-corrected chi connectivity index (χ4v) is 4.44. The lowest BCUT2D eigenvalue weighted by Gasteiger charge is -2.15. The Balaban J connectivity index is 1.61. The standard InChI is InChI=1S/C26H31N5O3S/c1-6-11-31-25(19(4)27-23(32)15-20-7-9-22(34-5)10-8-20)29-30-26(31)35-16-24(33)28-21-13-17(2)12-18(3)14-21/h6-10,12-14,19H,1,11,15-16H2,2-5H3,(H,27,32)(H,28,33)/t19-/m1/s1. The Kier molecular flexibility index (Phi) is 9.08. The van der Waals surface area contributed by atoms with Gasteiger partial charge in [0.1, 0.15) is 5.75 Å². The number of nitrogens with one attached hydrogen (secondary N) is 2. The normalized spacial score (nSPS) is 11.5. The van der Waals surface area contributed by atoms with E-state index in [9.17, 15) is 9.59 Å². The molecule has 0 spiro atoms. The first-order valence-corrected chi connectivity index (χ1v) is 12.2. The summed E-state index contributed by atoms with van der Waals surface area (Å²) in [4.78, 5) is 25.1. The van der Waals surface area contributed by atoms with Crippen LogP contribution >= 0.6 is 11.8 Å². The first kappa shape index (κ1) is 26.0. The average molecular weight is 494 g/mol. The summed E-state index contributed by atoms with van der Waals surface area (Å²) in [5, 5.41) is 15.0. The second kappa shape index (κ2) is 12.2. The van der Waals surface area contributed by atoms with Crippen LogP contribution in [0.15, 0.2) is 60.3 Å². The van der Waals surface area contributed by atoms with Crippen molar-refractivity contribution < 1.29 is 14.3 Å². The summed E-state index contributed by atoms with van der Waals surface area (Å²) in [6, 6.07) is 12.9. The summed E-state index contributed by atoms with van der Waals surface area (Å²) in [6.45, 7) is 10.1. The molecule has 0 radical (unpaired) electrons. The van der Waals surface area contributed by atoms with E-state index >= 15 is 0 Å². The van der Waals surface area contributed by atoms with E-state index in [-0.39, 0.29) is 30.0 Å². The Morgan fingerprint density at radius 3 is 2.43 bits per heavy atom. The molecular weight excluding hydrogens is 462 g/mol. The fraction of sp³-hybridized carbons (Fsp3) is 0.308. The van der Waals surface area contributed by atoms with Crippen LogP contribution < -0.4 is 15.4 Å². The number of methoxy groups -OCH3 is 1. The van der Waals surface area contributed by atoms with E-state index in [1.807, 2.05) is 61.7 Å². The van der Waals surface area contributed by atoms with Crippen molar-refractivity contribution in [2.75, 3.05) is 18.2 Å². The van der Waals surface area contributed by atoms with Crippen molar-refractivity contribution in [1.82, 2.24) is 20.1 Å². The summed E-state index contributed by atoms with van der Waals surface area (Å²) < 4.78 is 7.02. The number of rotatable bonds is 11. The number of hydrogen-bond donors (Lipinski definition) is 2. The highest BCUT2D eigenvalue weighted by atomic mass is 32.2. The molecule has 0 aliphatic rings. The van der Waals surface area contributed by atoms with E-state index in [1.54, 1.807) is 13.2 Å². The lowest BCUT2D eigenvalue weighted by Crippen LogP contribution is -2.30. The zero-order valence-corrected chi connectivity index (χ0v) is 21.3. The van der Waals surface area contributed by atoms with E-state index in [1.165, 1.54) is 11.8 Å². The number of amides is 2. The van der Waals surface area contributed by atoms with Gasteiger partial charge in [-0.15, -0.1) is 16.8 Å². The molecule has 0 aliphatic heterocycles. The van der Waals surface area contributed by atoms with Gasteiger partial charge in [-0.25, -0.2) is 0 Å². The van der Waals surface area contributed by atoms with Crippen LogP contribution in [-0.4, -0.2) is 39.4 Å². The largest absolute Gasteiger partial charge is 0.497 e. The highest BCUT2D eigenvalue weighted by molar-refractivity contribution is 7.99. The number of benzene rings is 2. The third-order valence-electron chi connectivity index (χ3n) is 5.18. The number of nitrogens with zero attached hydrogens (tertiary/aromatic N) is 3. The monoisotopic (exact) mass is 493 g/mol. The van der Waals surface area contributed by atoms with Crippen molar-refractivity contribution in [3.05, 3.63) is 77.6 Å². The third-order valence-corrected chi connectivity index (χ3v) is 6.15. The molecule has 3 aromatic rings. The number of hydrogen-bond acceptors (Lipinski definition) is 6. The van der Waals surface area contributed by atoms with Crippen LogP contribution in [-0.2, 0) is 22.6 Å². The molecule has 2 amide bonds. The molecule has 35 heavy (non-hydrogen) atoms. The summed E-state index contributed by atoms with van der Waals surface area (Å²) in [5.41, 5.74) is 3.83. The molecule has 1 atom stereocenters. The molecule has 1 heterocycles. The van der Waals surface area contributed by atoms with Crippen molar-refractivity contribution in [1.29, 1.82) is 0 Å². The first-order chi connectivity index (χ1) is 16.8. The van der Waals surface area contributed by atoms with Crippen LogP contribution in [0.2, 0.25) is 0 Å². The molecule has 0 aliphatic carbocycles. The maximum Gasteiger partial charge on any atom is 0.234 e. The molecule has 0 unspecified atom stereocenters. The van der Waals surface area contributed by atoms with Crippen LogP contribution in [0.3, 0.4) is 0 Å². The number of carbonyl (C=O) groups is 2. The van der Waals surface area contributed by atoms with Gasteiger partial charge in [-0.3, -0.25) is 9.59 Å². The lowest BCUT2D eigenvalue weighted by atomic mass is 10.1. The zero-order chi connectivity index (χ0) is 25.4. The molecule has 1 aromatic heterocycles. The van der Waals surface area contributed by atoms with Gasteiger partial charge in [0.25, 0.3) is 0 Å². The number of anilines is 1. The van der Waals surface area contributed by atoms with Crippen LogP contribution in [0.25, 0.3) is 0 Å². The Hall–Kier alpha value is -3.59. The van der Waals surface area contributed by atoms with Crippen molar-refractivity contribution in [3.63, 3.8) is 0 Å². The van der Waals surface area contributed by atoms with Gasteiger partial charge in [0, 0.05) is 12.2 Å². The average Bonchev–Trinajstić information content (AvgIpc) is 3.20. The van der Waals surface area contributed by atoms with Gasteiger partial charge < -0.3 is 19.9 Å². The van der Waals surface area contributed by atoms with Gasteiger partial charge in [-0.1, -0.05) is 36.0 Å². The van der Waals surface area contributed by atoms with Crippen LogP contribution in [0.5, 0.6) is 5.75 Å². The van der Waals surface area contributed by atoms with E-state index in [0.29, 0.717) is 17.5 Å². The molecular formula is C26H31N5O3S. The van der Waals surface area contributed by atoms with Crippen LogP contribution in [0.4, 0.5) is 5.69 Å². The molecule has 0 fully saturated rings. The van der Waals surface area contributed by atoms with Crippen LogP contribution in [0, 0.1) is 13.8 Å². The van der Waals surface area contributed by atoms with Gasteiger partial charge in [-0.05, 0) is 61.7 Å². The molecule has 8 nitrogen and oxygen atoms in total. The predicted octanol–water partition coefficient (Wildman–Crippen LogP) is 4.24. The van der Waals surface area contributed by atoms with Gasteiger partial charge in [-0.2, -0.15) is 0 Å². The van der Waals surface area contributed by atoms with Crippen LogP contribution in [0.1, 0.15) is 35.5 Å². The Labute approximate surface area is 210 Å². The molecule has 0 saturated carbocycles. The molecule has 0 saturated heterocycles. The predicted molar refractivity (Wildman–Crippen MR) is 139 cm³/mol. The Morgan fingerprint density at radius 2 is 1.80 bits per heavy atom. The number of aryl methyl sites for hydroxylation is 2. The minimum absolute atomic E-state index is 0.127. The van der Waals surface area contributed by atoms with Gasteiger partial charge in [0.05, 0.1) is 25.3 Å². The SMILES string of the molecule is C=CCn1c(SCC(=O)Nc2cc(C)cc(C)c2)nnc1[C@@H](C)NC(=O)Cc1ccc(OC)cc1. The van der Waals surface area contributed by atoms with E-state index in [4.69, 9.17) is 4.74 Å². The number of aromatic nitrogens is 3. The van der Waals surface area contributed by atoms with Crippen molar-refractivity contribution in [2.45, 2.75) is 44.9 Å². The smallest absolute Gasteiger partial charge is 0.234 e. The third kappa shape index (κ3) is 7.45. The second-order valence-corrected chi connectivity index (χ2v) is 9.21. The summed E-state index contributed by atoms with van der Waals surface area (Å²) in [6.07, 6.45) is 1.97. The van der Waals surface area contributed by atoms with E-state index < -0.39 is 0 Å². The highest BCUT2D eigenvalue weighted by Gasteiger charge is 2.20. The summed E-state index contributed by atoms with van der Waals surface area (Å²) in [7, 11) is 1.60. The minimum Gasteiger partial charge on any atom is -0.497 e. The second-order valence-electron chi connectivity index (χ2n) is 8.27. The minimum atomic E-state index is -0.369. The topological polar surface area (TPSA) is 98.1 Å². The Bertz CT molecular complexity index is 1170. The molecule has 184 valence electrons. The zero-order valence-electron chi connectivity index (χ0n) is 20.5. The van der Waals surface area contributed by atoms with Gasteiger partial charge in [0.2, 0.25) is 11.8 Å². The highest BCUT2D eigenvalue weighted by Crippen LogP contribution is 2.22. The van der Waals surface area contributed by atoms with Gasteiger partial charge in [0.15, 0.2) is 11.0 Å². The number of thioether (sulfide) groups is 1.